The Balaban J connectivity index is 1.84. The second kappa shape index (κ2) is 8.00. The first-order valence-corrected chi connectivity index (χ1v) is 9.19. The van der Waals surface area contributed by atoms with Crippen molar-refractivity contribution < 1.29 is 22.6 Å². The molecule has 7 nitrogen and oxygen atoms in total. The summed E-state index contributed by atoms with van der Waals surface area (Å²) in [4.78, 5) is 23.4. The van der Waals surface area contributed by atoms with E-state index < -0.39 is 10.0 Å². The van der Waals surface area contributed by atoms with Gasteiger partial charge in [-0.2, -0.15) is 4.57 Å². The number of ketones is 1. The molecule has 1 aromatic carbocycles. The van der Waals surface area contributed by atoms with Crippen molar-refractivity contribution in [2.75, 3.05) is 6.54 Å². The average molecular weight is 362 g/mol. The van der Waals surface area contributed by atoms with Gasteiger partial charge in [-0.3, -0.25) is 9.59 Å². The van der Waals surface area contributed by atoms with Crippen molar-refractivity contribution in [1.29, 1.82) is 0 Å². The number of carbonyl (C=O) groups excluding carboxylic acids is 2. The number of rotatable bonds is 7. The number of primary sulfonamides is 1. The van der Waals surface area contributed by atoms with Gasteiger partial charge in [0.15, 0.2) is 18.2 Å². The van der Waals surface area contributed by atoms with Gasteiger partial charge in [0.05, 0.1) is 10.5 Å². The fourth-order valence-electron chi connectivity index (χ4n) is 2.24. The third kappa shape index (κ3) is 5.77. The van der Waals surface area contributed by atoms with Crippen LogP contribution >= 0.6 is 0 Å². The van der Waals surface area contributed by atoms with E-state index in [-0.39, 0.29) is 23.1 Å². The van der Waals surface area contributed by atoms with Crippen molar-refractivity contribution in [3.63, 3.8) is 0 Å². The molecule has 0 aliphatic heterocycles. The molecule has 0 saturated carbocycles. The number of aromatic nitrogens is 1. The summed E-state index contributed by atoms with van der Waals surface area (Å²) < 4.78 is 24.0. The molecule has 2 aromatic rings. The summed E-state index contributed by atoms with van der Waals surface area (Å²) >= 11 is 0. The second-order valence-electron chi connectivity index (χ2n) is 5.61. The Bertz CT molecular complexity index is 877. The molecule has 0 aliphatic carbocycles. The molecule has 0 unspecified atom stereocenters. The number of hydrogen-bond acceptors (Lipinski definition) is 4. The maximum Gasteiger partial charge on any atom is 0.285 e. The summed E-state index contributed by atoms with van der Waals surface area (Å²) in [5.74, 6) is -0.232. The van der Waals surface area contributed by atoms with Crippen LogP contribution in [0.15, 0.2) is 53.7 Å². The number of Topliss-reactive ketones (excluding diaryl/α,β-unsaturated/α-hetero) is 1. The van der Waals surface area contributed by atoms with Crippen LogP contribution in [0.25, 0.3) is 0 Å². The molecular weight excluding hydrogens is 342 g/mol. The van der Waals surface area contributed by atoms with Crippen molar-refractivity contribution in [3.05, 3.63) is 59.9 Å². The molecular formula is C17H20N3O4S+. The molecule has 0 atom stereocenters. The third-order valence-electron chi connectivity index (χ3n) is 3.58. The zero-order valence-corrected chi connectivity index (χ0v) is 14.6. The maximum atomic E-state index is 12.0. The van der Waals surface area contributed by atoms with E-state index in [1.807, 2.05) is 0 Å². The molecule has 0 fully saturated rings. The smallest absolute Gasteiger partial charge is 0.285 e. The van der Waals surface area contributed by atoms with Gasteiger partial charge in [0, 0.05) is 12.6 Å². The maximum absolute atomic E-state index is 12.0. The zero-order chi connectivity index (χ0) is 18.4. The van der Waals surface area contributed by atoms with Crippen LogP contribution in [-0.2, 0) is 27.8 Å². The summed E-state index contributed by atoms with van der Waals surface area (Å²) in [6.45, 7) is 2.01. The van der Waals surface area contributed by atoms with Crippen molar-refractivity contribution in [1.82, 2.24) is 5.32 Å². The molecule has 1 amide bonds. The van der Waals surface area contributed by atoms with E-state index in [0.29, 0.717) is 18.5 Å². The monoisotopic (exact) mass is 362 g/mol. The van der Waals surface area contributed by atoms with E-state index in [2.05, 4.69) is 5.32 Å². The van der Waals surface area contributed by atoms with Crippen molar-refractivity contribution in [2.24, 2.45) is 5.14 Å². The van der Waals surface area contributed by atoms with Crippen LogP contribution < -0.4 is 15.0 Å². The number of carbonyl (C=O) groups is 2. The van der Waals surface area contributed by atoms with Crippen molar-refractivity contribution >= 4 is 21.7 Å². The van der Waals surface area contributed by atoms with E-state index in [4.69, 9.17) is 5.14 Å². The number of nitrogens with two attached hydrogens (primary N) is 1. The molecule has 0 bridgehead atoms. The molecule has 25 heavy (non-hydrogen) atoms. The SMILES string of the molecule is CC(=O)c1ccc[n+](CC(=O)NCCc2ccc(S(N)(=O)=O)cc2)c1. The van der Waals surface area contributed by atoms with E-state index in [0.717, 1.165) is 5.56 Å². The van der Waals surface area contributed by atoms with Crippen LogP contribution in [0, 0.1) is 0 Å². The first kappa shape index (κ1) is 18.8. The summed E-state index contributed by atoms with van der Waals surface area (Å²) in [6.07, 6.45) is 3.92. The van der Waals surface area contributed by atoms with Crippen molar-refractivity contribution in [2.45, 2.75) is 24.8 Å². The summed E-state index contributed by atoms with van der Waals surface area (Å²) in [5.41, 5.74) is 1.43. The molecule has 3 N–H and O–H groups in total. The van der Waals surface area contributed by atoms with Crippen LogP contribution in [0.1, 0.15) is 22.8 Å². The Morgan fingerprint density at radius 3 is 2.44 bits per heavy atom. The van der Waals surface area contributed by atoms with E-state index >= 15 is 0 Å². The standard InChI is InChI=1S/C17H19N3O4S/c1-13(21)15-3-2-10-20(11-15)12-17(22)19-9-8-14-4-6-16(7-5-14)25(18,23)24/h2-7,10-11H,8-9,12H2,1H3,(H2-,18,19,22,23,24)/p+1. The molecule has 0 aliphatic rings. The molecule has 132 valence electrons. The lowest BCUT2D eigenvalue weighted by Crippen LogP contribution is -2.43. The zero-order valence-electron chi connectivity index (χ0n) is 13.8. The molecule has 1 heterocycles. The third-order valence-corrected chi connectivity index (χ3v) is 4.51. The summed E-state index contributed by atoms with van der Waals surface area (Å²) in [6, 6.07) is 9.62. The van der Waals surface area contributed by atoms with Crippen molar-refractivity contribution in [3.8, 4) is 0 Å². The number of nitrogens with zero attached hydrogens (tertiary/aromatic N) is 1. The molecule has 0 saturated heterocycles. The minimum absolute atomic E-state index is 0.0574. The lowest BCUT2D eigenvalue weighted by Gasteiger charge is -2.05. The van der Waals surface area contributed by atoms with Crippen LogP contribution in [0.2, 0.25) is 0 Å². The van der Waals surface area contributed by atoms with Crippen LogP contribution in [0.3, 0.4) is 0 Å². The lowest BCUT2D eigenvalue weighted by molar-refractivity contribution is -0.684. The molecule has 0 spiro atoms. The first-order valence-electron chi connectivity index (χ1n) is 7.64. The number of pyridine rings is 1. The summed E-state index contributed by atoms with van der Waals surface area (Å²) in [7, 11) is -3.69. The predicted octanol–water partition coefficient (Wildman–Crippen LogP) is 0.183. The van der Waals surface area contributed by atoms with Crippen LogP contribution in [0.4, 0.5) is 0 Å². The highest BCUT2D eigenvalue weighted by Gasteiger charge is 2.11. The first-order chi connectivity index (χ1) is 11.8. The van der Waals surface area contributed by atoms with Crippen LogP contribution in [-0.4, -0.2) is 26.7 Å². The number of nitrogens with one attached hydrogen (secondary N) is 1. The van der Waals surface area contributed by atoms with Gasteiger partial charge < -0.3 is 5.32 Å². The normalized spacial score (nSPS) is 11.1. The van der Waals surface area contributed by atoms with Gasteiger partial charge in [-0.1, -0.05) is 12.1 Å². The van der Waals surface area contributed by atoms with Gasteiger partial charge in [-0.25, -0.2) is 13.6 Å². The van der Waals surface area contributed by atoms with E-state index in [1.54, 1.807) is 41.2 Å². The summed E-state index contributed by atoms with van der Waals surface area (Å²) in [5, 5.41) is 7.83. The lowest BCUT2D eigenvalue weighted by atomic mass is 10.1. The Kier molecular flexibility index (Phi) is 6.00. The van der Waals surface area contributed by atoms with E-state index in [1.165, 1.54) is 19.1 Å². The van der Waals surface area contributed by atoms with Gasteiger partial charge in [-0.05, 0) is 37.1 Å². The number of sulfonamides is 1. The predicted molar refractivity (Wildman–Crippen MR) is 91.2 cm³/mol. The number of benzene rings is 1. The average Bonchev–Trinajstić information content (AvgIpc) is 2.54. The quantitative estimate of drug-likeness (QED) is 0.541. The Morgan fingerprint density at radius 1 is 1.16 bits per heavy atom. The minimum Gasteiger partial charge on any atom is -0.350 e. The second-order valence-corrected chi connectivity index (χ2v) is 7.17. The molecule has 0 radical (unpaired) electrons. The number of amides is 1. The Hall–Kier alpha value is -2.58. The van der Waals surface area contributed by atoms with Gasteiger partial charge in [-0.15, -0.1) is 0 Å². The number of hydrogen-bond donors (Lipinski definition) is 2. The van der Waals surface area contributed by atoms with Gasteiger partial charge in [0.1, 0.15) is 0 Å². The molecule has 1 aromatic heterocycles. The largest absolute Gasteiger partial charge is 0.350 e. The minimum atomic E-state index is -3.69. The fraction of sp³-hybridized carbons (Fsp3) is 0.235. The molecule has 2 rings (SSSR count). The van der Waals surface area contributed by atoms with Gasteiger partial charge >= 0.3 is 0 Å². The van der Waals surface area contributed by atoms with Gasteiger partial charge in [0.2, 0.25) is 16.6 Å². The topological polar surface area (TPSA) is 110 Å². The molecule has 8 heteroatoms. The van der Waals surface area contributed by atoms with Gasteiger partial charge in [0.25, 0.3) is 5.91 Å². The highest BCUT2D eigenvalue weighted by molar-refractivity contribution is 7.89. The highest BCUT2D eigenvalue weighted by atomic mass is 32.2. The van der Waals surface area contributed by atoms with Crippen LogP contribution in [0.5, 0.6) is 0 Å². The van der Waals surface area contributed by atoms with E-state index in [9.17, 15) is 18.0 Å². The fourth-order valence-corrected chi connectivity index (χ4v) is 2.76. The Labute approximate surface area is 146 Å². The Morgan fingerprint density at radius 2 is 1.84 bits per heavy atom. The highest BCUT2D eigenvalue weighted by Crippen LogP contribution is 2.08.